The number of furan rings is 1. The van der Waals surface area contributed by atoms with Gasteiger partial charge in [0, 0.05) is 42.9 Å². The Morgan fingerprint density at radius 3 is 2.78 bits per heavy atom. The number of likely N-dealkylation sites (tertiary alicyclic amines) is 1. The molecule has 0 amide bonds. The van der Waals surface area contributed by atoms with Crippen LogP contribution in [0.3, 0.4) is 0 Å². The topological polar surface area (TPSA) is 80.0 Å². The van der Waals surface area contributed by atoms with Gasteiger partial charge >= 0.3 is 0 Å². The van der Waals surface area contributed by atoms with Crippen LogP contribution in [0.4, 0.5) is 0 Å². The molecule has 6 heteroatoms. The number of piperidine rings is 1. The number of ether oxygens (including phenoxy) is 1. The number of rotatable bonds is 5. The van der Waals surface area contributed by atoms with E-state index in [1.165, 1.54) is 0 Å². The number of aliphatic hydroxyl groups is 1. The number of Topliss-reactive ketones (excluding diaryl/α,β-unsaturated/α-hetero) is 2. The summed E-state index contributed by atoms with van der Waals surface area (Å²) >= 11 is 0. The first-order valence-corrected chi connectivity index (χ1v) is 11.5. The third kappa shape index (κ3) is 4.17. The third-order valence-corrected chi connectivity index (χ3v) is 7.01. The van der Waals surface area contributed by atoms with E-state index in [9.17, 15) is 14.7 Å². The summed E-state index contributed by atoms with van der Waals surface area (Å²) in [4.78, 5) is 26.5. The molecule has 0 bridgehead atoms. The van der Waals surface area contributed by atoms with Gasteiger partial charge in [-0.3, -0.25) is 14.5 Å². The largest absolute Gasteiger partial charge is 0.492 e. The van der Waals surface area contributed by atoms with Crippen molar-refractivity contribution in [1.29, 1.82) is 0 Å². The summed E-state index contributed by atoms with van der Waals surface area (Å²) in [5.74, 6) is 0.548. The van der Waals surface area contributed by atoms with E-state index in [2.05, 4.69) is 4.90 Å². The van der Waals surface area contributed by atoms with Gasteiger partial charge in [0.15, 0.2) is 0 Å². The van der Waals surface area contributed by atoms with E-state index >= 15 is 0 Å². The molecule has 1 aromatic heterocycles. The van der Waals surface area contributed by atoms with Gasteiger partial charge in [-0.2, -0.15) is 0 Å². The average molecular weight is 436 g/mol. The Balaban J connectivity index is 1.33. The first kappa shape index (κ1) is 21.2. The van der Waals surface area contributed by atoms with Crippen molar-refractivity contribution in [3.63, 3.8) is 0 Å². The van der Waals surface area contributed by atoms with Gasteiger partial charge in [0.2, 0.25) is 0 Å². The Morgan fingerprint density at radius 2 is 2.00 bits per heavy atom. The van der Waals surface area contributed by atoms with Crippen LogP contribution in [0.2, 0.25) is 0 Å². The van der Waals surface area contributed by atoms with Crippen molar-refractivity contribution in [2.45, 2.75) is 50.5 Å². The van der Waals surface area contributed by atoms with E-state index in [0.717, 1.165) is 65.5 Å². The quantitative estimate of drug-likeness (QED) is 0.605. The number of fused-ring (bicyclic) bond motifs is 3. The normalized spacial score (nSPS) is 22.0. The predicted octanol–water partition coefficient (Wildman–Crippen LogP) is 4.22. The highest BCUT2D eigenvalue weighted by molar-refractivity contribution is 6.11. The van der Waals surface area contributed by atoms with Crippen LogP contribution >= 0.6 is 0 Å². The summed E-state index contributed by atoms with van der Waals surface area (Å²) in [6.07, 6.45) is 4.29. The van der Waals surface area contributed by atoms with Gasteiger partial charge in [0.25, 0.3) is 0 Å². The molecule has 5 rings (SSSR count). The number of carbonyl (C=O) groups excluding carboxylic acids is 2. The fraction of sp³-hybridized carbons (Fsp3) is 0.462. The van der Waals surface area contributed by atoms with Crippen LogP contribution in [0.1, 0.15) is 50.5 Å². The Labute approximate surface area is 187 Å². The molecule has 1 aliphatic heterocycles. The lowest BCUT2D eigenvalue weighted by Crippen LogP contribution is -2.43. The van der Waals surface area contributed by atoms with Gasteiger partial charge in [-0.15, -0.1) is 0 Å². The Morgan fingerprint density at radius 1 is 1.19 bits per heavy atom. The van der Waals surface area contributed by atoms with E-state index < -0.39 is 5.60 Å². The summed E-state index contributed by atoms with van der Waals surface area (Å²) in [5, 5.41) is 13.1. The molecular formula is C26H29NO5. The van der Waals surface area contributed by atoms with Gasteiger partial charge in [-0.05, 0) is 61.2 Å². The second kappa shape index (κ2) is 8.34. The highest BCUT2D eigenvalue weighted by atomic mass is 16.5. The Bertz CT molecular complexity index is 1170. The number of hydrogen-bond acceptors (Lipinski definition) is 6. The molecule has 168 valence electrons. The SMILES string of the molecule is CC1(O)CCN(CCOc2ccc3c(ccc4occ([C@@H]5CCC(=O)CC5=O)c43)c2)CC1. The molecule has 6 nitrogen and oxygen atoms in total. The van der Waals surface area contributed by atoms with Crippen molar-refractivity contribution >= 4 is 33.3 Å². The maximum absolute atomic E-state index is 12.5. The van der Waals surface area contributed by atoms with Crippen molar-refractivity contribution in [3.05, 3.63) is 42.2 Å². The van der Waals surface area contributed by atoms with E-state index in [-0.39, 0.29) is 23.9 Å². The maximum atomic E-state index is 12.5. The zero-order valence-electron chi connectivity index (χ0n) is 18.4. The molecule has 0 spiro atoms. The summed E-state index contributed by atoms with van der Waals surface area (Å²) in [5.41, 5.74) is 1.11. The molecule has 0 radical (unpaired) electrons. The highest BCUT2D eigenvalue weighted by Crippen LogP contribution is 2.39. The van der Waals surface area contributed by atoms with Crippen molar-refractivity contribution in [2.24, 2.45) is 0 Å². The fourth-order valence-electron chi connectivity index (χ4n) is 4.97. The van der Waals surface area contributed by atoms with Crippen LogP contribution in [0.15, 0.2) is 41.0 Å². The fourth-order valence-corrected chi connectivity index (χ4v) is 4.97. The van der Waals surface area contributed by atoms with E-state index in [1.807, 2.05) is 37.3 Å². The second-order valence-electron chi connectivity index (χ2n) is 9.47. The molecule has 1 atom stereocenters. The van der Waals surface area contributed by atoms with Gasteiger partial charge in [-0.1, -0.05) is 6.07 Å². The summed E-state index contributed by atoms with van der Waals surface area (Å²) in [7, 11) is 0. The minimum absolute atomic E-state index is 0.0138. The molecule has 2 fully saturated rings. The molecule has 2 aromatic carbocycles. The van der Waals surface area contributed by atoms with Gasteiger partial charge in [-0.25, -0.2) is 0 Å². The standard InChI is InChI=1S/C26H29NO5/c1-26(30)8-10-27(11-9-26)12-13-31-19-4-6-20-17(14-19)2-7-24-25(20)22(16-32-24)21-5-3-18(28)15-23(21)29/h2,4,6-7,14,16,21,30H,3,5,8-13,15H2,1H3/t21-/m0/s1. The minimum Gasteiger partial charge on any atom is -0.492 e. The lowest BCUT2D eigenvalue weighted by Gasteiger charge is -2.35. The smallest absolute Gasteiger partial charge is 0.147 e. The van der Waals surface area contributed by atoms with Gasteiger partial charge in [0.1, 0.15) is 29.5 Å². The zero-order chi connectivity index (χ0) is 22.3. The molecule has 2 heterocycles. The molecule has 2 aliphatic rings. The first-order valence-electron chi connectivity index (χ1n) is 11.5. The summed E-state index contributed by atoms with van der Waals surface area (Å²) in [6.45, 7) is 5.11. The highest BCUT2D eigenvalue weighted by Gasteiger charge is 2.31. The van der Waals surface area contributed by atoms with Gasteiger partial charge in [0.05, 0.1) is 18.3 Å². The predicted molar refractivity (Wildman–Crippen MR) is 122 cm³/mol. The average Bonchev–Trinajstić information content (AvgIpc) is 3.19. The van der Waals surface area contributed by atoms with Crippen LogP contribution in [0.25, 0.3) is 21.7 Å². The van der Waals surface area contributed by atoms with Crippen LogP contribution < -0.4 is 4.74 Å². The lowest BCUT2D eigenvalue weighted by molar-refractivity contribution is -0.130. The second-order valence-corrected chi connectivity index (χ2v) is 9.47. The van der Waals surface area contributed by atoms with Crippen LogP contribution in [0, 0.1) is 0 Å². The molecule has 0 unspecified atom stereocenters. The van der Waals surface area contributed by atoms with Crippen LogP contribution in [-0.2, 0) is 9.59 Å². The van der Waals surface area contributed by atoms with Crippen molar-refractivity contribution in [1.82, 2.24) is 4.90 Å². The van der Waals surface area contributed by atoms with Crippen molar-refractivity contribution in [2.75, 3.05) is 26.2 Å². The molecule has 1 aliphatic carbocycles. The maximum Gasteiger partial charge on any atom is 0.147 e. The molecular weight excluding hydrogens is 406 g/mol. The molecule has 1 N–H and O–H groups in total. The number of ketones is 2. The van der Waals surface area contributed by atoms with Crippen molar-refractivity contribution in [3.8, 4) is 5.75 Å². The third-order valence-electron chi connectivity index (χ3n) is 7.01. The number of hydrogen-bond donors (Lipinski definition) is 1. The Kier molecular flexibility index (Phi) is 5.51. The van der Waals surface area contributed by atoms with Crippen molar-refractivity contribution < 1.29 is 23.8 Å². The monoisotopic (exact) mass is 435 g/mol. The van der Waals surface area contributed by atoms with Gasteiger partial charge < -0.3 is 14.3 Å². The molecule has 1 saturated carbocycles. The minimum atomic E-state index is -0.537. The molecule has 32 heavy (non-hydrogen) atoms. The number of carbonyl (C=O) groups is 2. The van der Waals surface area contributed by atoms with Crippen LogP contribution in [-0.4, -0.2) is 53.4 Å². The zero-order valence-corrected chi connectivity index (χ0v) is 18.4. The summed E-state index contributed by atoms with van der Waals surface area (Å²) < 4.78 is 11.8. The van der Waals surface area contributed by atoms with E-state index in [0.29, 0.717) is 19.4 Å². The van der Waals surface area contributed by atoms with Crippen LogP contribution in [0.5, 0.6) is 5.75 Å². The lowest BCUT2D eigenvalue weighted by atomic mass is 9.81. The molecule has 1 saturated heterocycles. The summed E-state index contributed by atoms with van der Waals surface area (Å²) in [6, 6.07) is 9.97. The molecule has 3 aromatic rings. The van der Waals surface area contributed by atoms with E-state index in [4.69, 9.17) is 9.15 Å². The number of nitrogens with zero attached hydrogens (tertiary/aromatic N) is 1. The first-order chi connectivity index (χ1) is 15.4. The number of benzene rings is 2. The van der Waals surface area contributed by atoms with E-state index in [1.54, 1.807) is 6.26 Å². The Hall–Kier alpha value is -2.70.